The summed E-state index contributed by atoms with van der Waals surface area (Å²) in [4.78, 5) is 8.69. The molecule has 0 saturated heterocycles. The van der Waals surface area contributed by atoms with Crippen LogP contribution in [0.5, 0.6) is 5.88 Å². The van der Waals surface area contributed by atoms with Crippen LogP contribution in [-0.4, -0.2) is 16.5 Å². The van der Waals surface area contributed by atoms with Crippen LogP contribution >= 0.6 is 0 Å². The van der Waals surface area contributed by atoms with Gasteiger partial charge in [0.05, 0.1) is 12.4 Å². The summed E-state index contributed by atoms with van der Waals surface area (Å²) in [6, 6.07) is 8.52. The minimum Gasteiger partial charge on any atom is -0.468 e. The van der Waals surface area contributed by atoms with Crippen molar-refractivity contribution in [3.8, 4) is 5.88 Å². The van der Waals surface area contributed by atoms with E-state index in [9.17, 15) is 0 Å². The van der Waals surface area contributed by atoms with E-state index in [-0.39, 0.29) is 6.10 Å². The molecular weight excluding hydrogens is 262 g/mol. The molecular formula is C17H21N3O. The Balaban J connectivity index is 1.75. The summed E-state index contributed by atoms with van der Waals surface area (Å²) >= 11 is 0. The summed E-state index contributed by atoms with van der Waals surface area (Å²) in [5, 5.41) is 3.24. The van der Waals surface area contributed by atoms with Crippen molar-refractivity contribution in [2.75, 3.05) is 11.9 Å². The van der Waals surface area contributed by atoms with Crippen LogP contribution in [0.25, 0.3) is 0 Å². The Hall–Kier alpha value is -2.10. The van der Waals surface area contributed by atoms with Gasteiger partial charge in [0.2, 0.25) is 5.88 Å². The molecule has 1 aliphatic carbocycles. The first kappa shape index (κ1) is 13.9. The molecule has 0 bridgehead atoms. The van der Waals surface area contributed by atoms with Gasteiger partial charge in [0.25, 0.3) is 0 Å². The first-order valence-electron chi connectivity index (χ1n) is 7.67. The highest BCUT2D eigenvalue weighted by atomic mass is 16.5. The van der Waals surface area contributed by atoms with Gasteiger partial charge in [-0.3, -0.25) is 4.98 Å². The number of anilines is 1. The topological polar surface area (TPSA) is 47.0 Å². The lowest BCUT2D eigenvalue weighted by molar-refractivity contribution is 0.175. The van der Waals surface area contributed by atoms with Crippen molar-refractivity contribution in [2.45, 2.75) is 38.7 Å². The lowest BCUT2D eigenvalue weighted by Crippen LogP contribution is -2.16. The van der Waals surface area contributed by atoms with Crippen molar-refractivity contribution in [2.24, 2.45) is 0 Å². The molecule has 4 heteroatoms. The molecule has 0 radical (unpaired) electrons. The SMILES string of the molecule is CCCNc1cncc(OC2CCCc3ccccc32)n1. The summed E-state index contributed by atoms with van der Waals surface area (Å²) in [5.41, 5.74) is 2.68. The van der Waals surface area contributed by atoms with Gasteiger partial charge in [0.15, 0.2) is 0 Å². The van der Waals surface area contributed by atoms with E-state index >= 15 is 0 Å². The number of aryl methyl sites for hydroxylation is 1. The molecule has 1 aromatic carbocycles. The van der Waals surface area contributed by atoms with E-state index in [1.165, 1.54) is 11.1 Å². The van der Waals surface area contributed by atoms with Crippen molar-refractivity contribution in [3.63, 3.8) is 0 Å². The van der Waals surface area contributed by atoms with Gasteiger partial charge in [0, 0.05) is 6.54 Å². The molecule has 1 aliphatic rings. The van der Waals surface area contributed by atoms with Gasteiger partial charge >= 0.3 is 0 Å². The number of ether oxygens (including phenoxy) is 1. The number of rotatable bonds is 5. The zero-order chi connectivity index (χ0) is 14.5. The van der Waals surface area contributed by atoms with Crippen molar-refractivity contribution >= 4 is 5.82 Å². The molecule has 3 rings (SSSR count). The van der Waals surface area contributed by atoms with Gasteiger partial charge in [-0.15, -0.1) is 0 Å². The number of nitrogens with zero attached hydrogens (tertiary/aromatic N) is 2. The van der Waals surface area contributed by atoms with Gasteiger partial charge in [-0.05, 0) is 36.8 Å². The van der Waals surface area contributed by atoms with Crippen molar-refractivity contribution in [3.05, 3.63) is 47.8 Å². The summed E-state index contributed by atoms with van der Waals surface area (Å²) < 4.78 is 6.09. The van der Waals surface area contributed by atoms with Gasteiger partial charge in [-0.2, -0.15) is 4.98 Å². The van der Waals surface area contributed by atoms with Crippen LogP contribution < -0.4 is 10.1 Å². The minimum absolute atomic E-state index is 0.0886. The average Bonchev–Trinajstić information content (AvgIpc) is 2.54. The second-order valence-corrected chi connectivity index (χ2v) is 5.37. The molecule has 0 amide bonds. The Morgan fingerprint density at radius 2 is 2.19 bits per heavy atom. The second kappa shape index (κ2) is 6.57. The fourth-order valence-corrected chi connectivity index (χ4v) is 2.72. The van der Waals surface area contributed by atoms with E-state index in [2.05, 4.69) is 46.5 Å². The van der Waals surface area contributed by atoms with Crippen LogP contribution in [0, 0.1) is 0 Å². The van der Waals surface area contributed by atoms with Crippen molar-refractivity contribution < 1.29 is 4.74 Å². The van der Waals surface area contributed by atoms with E-state index in [1.807, 2.05) is 0 Å². The molecule has 0 saturated carbocycles. The summed E-state index contributed by atoms with van der Waals surface area (Å²) in [6.45, 7) is 3.02. The molecule has 1 atom stereocenters. The molecule has 0 fully saturated rings. The Morgan fingerprint density at radius 1 is 1.29 bits per heavy atom. The Morgan fingerprint density at radius 3 is 3.10 bits per heavy atom. The first-order valence-corrected chi connectivity index (χ1v) is 7.67. The smallest absolute Gasteiger partial charge is 0.234 e. The van der Waals surface area contributed by atoms with E-state index in [0.717, 1.165) is 38.0 Å². The molecule has 0 aliphatic heterocycles. The average molecular weight is 283 g/mol. The summed E-state index contributed by atoms with van der Waals surface area (Å²) in [5.74, 6) is 1.37. The standard InChI is InChI=1S/C17H21N3O/c1-2-10-19-16-11-18-12-17(20-16)21-15-9-5-7-13-6-3-4-8-14(13)15/h3-4,6,8,11-12,15H,2,5,7,9-10H2,1H3,(H,19,20). The normalized spacial score (nSPS) is 17.1. The quantitative estimate of drug-likeness (QED) is 0.907. The van der Waals surface area contributed by atoms with Crippen molar-refractivity contribution in [1.29, 1.82) is 0 Å². The number of nitrogens with one attached hydrogen (secondary N) is 1. The van der Waals surface area contributed by atoms with Crippen LogP contribution in [0.1, 0.15) is 43.4 Å². The minimum atomic E-state index is 0.0886. The molecule has 1 aromatic heterocycles. The lowest BCUT2D eigenvalue weighted by atomic mass is 9.89. The van der Waals surface area contributed by atoms with Gasteiger partial charge < -0.3 is 10.1 Å². The predicted octanol–water partition coefficient (Wildman–Crippen LogP) is 3.75. The molecule has 110 valence electrons. The highest BCUT2D eigenvalue weighted by molar-refractivity contribution is 5.34. The second-order valence-electron chi connectivity index (χ2n) is 5.37. The third-order valence-electron chi connectivity index (χ3n) is 3.75. The zero-order valence-corrected chi connectivity index (χ0v) is 12.4. The van der Waals surface area contributed by atoms with Crippen LogP contribution in [0.2, 0.25) is 0 Å². The van der Waals surface area contributed by atoms with E-state index in [0.29, 0.717) is 5.88 Å². The fourth-order valence-electron chi connectivity index (χ4n) is 2.72. The number of hydrogen-bond donors (Lipinski definition) is 1. The van der Waals surface area contributed by atoms with E-state index in [1.54, 1.807) is 12.4 Å². The third kappa shape index (κ3) is 3.32. The van der Waals surface area contributed by atoms with Crippen LogP contribution in [0.4, 0.5) is 5.82 Å². The number of hydrogen-bond acceptors (Lipinski definition) is 4. The summed E-state index contributed by atoms with van der Waals surface area (Å²) in [7, 11) is 0. The lowest BCUT2D eigenvalue weighted by Gasteiger charge is -2.25. The van der Waals surface area contributed by atoms with Crippen LogP contribution in [-0.2, 0) is 6.42 Å². The number of fused-ring (bicyclic) bond motifs is 1. The van der Waals surface area contributed by atoms with Crippen LogP contribution in [0.3, 0.4) is 0 Å². The fraction of sp³-hybridized carbons (Fsp3) is 0.412. The van der Waals surface area contributed by atoms with Gasteiger partial charge in [-0.25, -0.2) is 0 Å². The Kier molecular flexibility index (Phi) is 4.34. The Bertz CT molecular complexity index is 600. The van der Waals surface area contributed by atoms with Gasteiger partial charge in [0.1, 0.15) is 11.9 Å². The number of aromatic nitrogens is 2. The van der Waals surface area contributed by atoms with Gasteiger partial charge in [-0.1, -0.05) is 31.2 Å². The van der Waals surface area contributed by atoms with Crippen molar-refractivity contribution in [1.82, 2.24) is 9.97 Å². The maximum absolute atomic E-state index is 6.09. The maximum Gasteiger partial charge on any atom is 0.234 e. The third-order valence-corrected chi connectivity index (χ3v) is 3.75. The molecule has 2 aromatic rings. The predicted molar refractivity (Wildman–Crippen MR) is 83.6 cm³/mol. The molecule has 1 N–H and O–H groups in total. The monoisotopic (exact) mass is 283 g/mol. The highest BCUT2D eigenvalue weighted by Crippen LogP contribution is 2.32. The Labute approximate surface area is 125 Å². The van der Waals surface area contributed by atoms with E-state index in [4.69, 9.17) is 4.74 Å². The highest BCUT2D eigenvalue weighted by Gasteiger charge is 2.21. The molecule has 1 heterocycles. The van der Waals surface area contributed by atoms with E-state index < -0.39 is 0 Å². The largest absolute Gasteiger partial charge is 0.468 e. The molecule has 4 nitrogen and oxygen atoms in total. The first-order chi connectivity index (χ1) is 10.4. The summed E-state index contributed by atoms with van der Waals surface area (Å²) in [6.07, 6.45) is 7.90. The number of benzene rings is 1. The molecule has 21 heavy (non-hydrogen) atoms. The zero-order valence-electron chi connectivity index (χ0n) is 12.4. The molecule has 1 unspecified atom stereocenters. The maximum atomic E-state index is 6.09. The van der Waals surface area contributed by atoms with Crippen LogP contribution in [0.15, 0.2) is 36.7 Å². The molecule has 0 spiro atoms.